The largest absolute Gasteiger partial charge is 0.497 e. The minimum Gasteiger partial charge on any atom is -0.497 e. The second-order valence-electron chi connectivity index (χ2n) is 18.0. The number of sulfonamides is 1. The van der Waals surface area contributed by atoms with Crippen LogP contribution in [-0.4, -0.2) is 116 Å². The number of aromatic nitrogens is 1. The minimum atomic E-state index is -4.90. The third-order valence-electron chi connectivity index (χ3n) is 12.9. The fourth-order valence-corrected chi connectivity index (χ4v) is 10.8. The van der Waals surface area contributed by atoms with Gasteiger partial charge in [-0.25, -0.2) is 18.2 Å². The van der Waals surface area contributed by atoms with Crippen molar-refractivity contribution in [1.82, 2.24) is 25.2 Å². The van der Waals surface area contributed by atoms with E-state index in [4.69, 9.17) is 18.9 Å². The number of carbonyl (C=O) groups excluding carboxylic acids is 3. The first-order chi connectivity index (χ1) is 28.8. The molecule has 2 amide bonds. The van der Waals surface area contributed by atoms with E-state index < -0.39 is 79.3 Å². The third-order valence-corrected chi connectivity index (χ3v) is 15.0. The molecule has 4 heterocycles. The monoisotopic (exact) mass is 879 g/mol. The molecule has 3 fully saturated rings. The molecule has 6 atom stereocenters. The Kier molecular flexibility index (Phi) is 12.5. The van der Waals surface area contributed by atoms with Crippen LogP contribution in [0.25, 0.3) is 10.9 Å². The number of rotatable bonds is 10. The van der Waals surface area contributed by atoms with Crippen LogP contribution in [0.2, 0.25) is 0 Å². The highest BCUT2D eigenvalue weighted by molar-refractivity contribution is 7.91. The number of hydrogen-bond acceptors (Lipinski definition) is 13. The van der Waals surface area contributed by atoms with E-state index in [0.29, 0.717) is 61.5 Å². The number of hydrogen-bond donors (Lipinski definition) is 4. The number of ether oxygens (including phenoxy) is 4. The lowest BCUT2D eigenvalue weighted by Crippen LogP contribution is -2.62. The van der Waals surface area contributed by atoms with Crippen molar-refractivity contribution < 1.29 is 60.0 Å². The predicted octanol–water partition coefficient (Wildman–Crippen LogP) is 4.53. The zero-order chi connectivity index (χ0) is 44.0. The first-order valence-corrected chi connectivity index (χ1v) is 22.4. The van der Waals surface area contributed by atoms with Gasteiger partial charge in [0, 0.05) is 43.5 Å². The van der Waals surface area contributed by atoms with Gasteiger partial charge in [-0.15, -0.1) is 0 Å². The summed E-state index contributed by atoms with van der Waals surface area (Å²) >= 11 is 0. The summed E-state index contributed by atoms with van der Waals surface area (Å²) in [5.74, 6) is -1.37. The van der Waals surface area contributed by atoms with Crippen LogP contribution in [0.5, 0.6) is 11.5 Å². The number of methoxy groups -OCH3 is 2. The molecule has 336 valence electrons. The molecular weight excluding hydrogens is 824 g/mol. The van der Waals surface area contributed by atoms with E-state index in [1.165, 1.54) is 26.4 Å². The zero-order valence-electron chi connectivity index (χ0n) is 34.9. The van der Waals surface area contributed by atoms with Crippen LogP contribution in [0, 0.1) is 11.8 Å². The average molecular weight is 880 g/mol. The minimum absolute atomic E-state index is 0.00381. The summed E-state index contributed by atoms with van der Waals surface area (Å²) in [6.07, 6.45) is 0.762. The Morgan fingerprint density at radius 3 is 2.56 bits per heavy atom. The number of pyridine rings is 1. The molecule has 61 heavy (non-hydrogen) atoms. The molecule has 1 saturated heterocycles. The summed E-state index contributed by atoms with van der Waals surface area (Å²) in [5.41, 5.74) is -5.29. The van der Waals surface area contributed by atoms with Crippen LogP contribution in [0.3, 0.4) is 0 Å². The lowest BCUT2D eigenvalue weighted by atomic mass is 9.87. The van der Waals surface area contributed by atoms with Crippen LogP contribution in [-0.2, 0) is 41.7 Å². The quantitative estimate of drug-likeness (QED) is 0.192. The number of nitrogens with zero attached hydrogens (tertiary/aromatic N) is 2. The first kappa shape index (κ1) is 45.0. The number of halogens is 3. The number of aryl methyl sites for hydroxylation is 1. The van der Waals surface area contributed by atoms with Crippen molar-refractivity contribution in [3.05, 3.63) is 41.6 Å². The fraction of sp³-hybridized carbons (Fsp3) is 0.667. The number of amides is 2. The zero-order valence-corrected chi connectivity index (χ0v) is 35.8. The van der Waals surface area contributed by atoms with E-state index in [0.717, 1.165) is 0 Å². The Hall–Kier alpha value is -4.04. The van der Waals surface area contributed by atoms with Crippen LogP contribution >= 0.6 is 0 Å². The smallest absolute Gasteiger partial charge is 0.437 e. The number of benzene rings is 1. The molecule has 0 radical (unpaired) electrons. The molecule has 1 spiro atoms. The summed E-state index contributed by atoms with van der Waals surface area (Å²) in [6.45, 7) is 3.43. The van der Waals surface area contributed by atoms with Gasteiger partial charge in [0.1, 0.15) is 39.7 Å². The maximum Gasteiger partial charge on any atom is 0.437 e. The van der Waals surface area contributed by atoms with Gasteiger partial charge in [-0.3, -0.25) is 19.7 Å². The van der Waals surface area contributed by atoms with Crippen molar-refractivity contribution >= 4 is 39.2 Å². The van der Waals surface area contributed by atoms with Gasteiger partial charge in [0.25, 0.3) is 5.91 Å². The first-order valence-electron chi connectivity index (χ1n) is 20.9. The van der Waals surface area contributed by atoms with Gasteiger partial charge in [-0.05, 0) is 75.5 Å². The van der Waals surface area contributed by atoms with Gasteiger partial charge in [-0.2, -0.15) is 13.2 Å². The van der Waals surface area contributed by atoms with Crippen molar-refractivity contribution in [2.75, 3.05) is 40.5 Å². The maximum atomic E-state index is 14.8. The molecule has 3 aliphatic heterocycles. The topological polar surface area (TPSA) is 195 Å². The highest BCUT2D eigenvalue weighted by atomic mass is 32.2. The Labute approximate surface area is 353 Å². The molecule has 2 aliphatic carbocycles. The van der Waals surface area contributed by atoms with Crippen LogP contribution in [0.15, 0.2) is 30.4 Å². The number of aliphatic hydroxyl groups excluding tert-OH is 1. The van der Waals surface area contributed by atoms with E-state index in [2.05, 4.69) is 20.3 Å². The van der Waals surface area contributed by atoms with Crippen LogP contribution < -0.4 is 24.8 Å². The van der Waals surface area contributed by atoms with E-state index in [-0.39, 0.29) is 69.8 Å². The van der Waals surface area contributed by atoms with Crippen LogP contribution in [0.4, 0.5) is 18.0 Å². The van der Waals surface area contributed by atoms with E-state index in [1.54, 1.807) is 11.0 Å². The molecule has 5 aliphatic rings. The number of nitrogens with one attached hydrogen (secondary N) is 3. The lowest BCUT2D eigenvalue weighted by molar-refractivity contribution is -0.144. The molecule has 1 aromatic carbocycles. The number of allylic oxidation sites excluding steroid dienone is 1. The number of alkyl halides is 3. The highest BCUT2D eigenvalue weighted by Gasteiger charge is 2.64. The highest BCUT2D eigenvalue weighted by Crippen LogP contribution is 2.51. The third kappa shape index (κ3) is 9.08. The van der Waals surface area contributed by atoms with Gasteiger partial charge in [-0.1, -0.05) is 38.8 Å². The average Bonchev–Trinajstić information content (AvgIpc) is 4.11. The summed E-state index contributed by atoms with van der Waals surface area (Å²) in [4.78, 5) is 46.4. The normalized spacial score (nSPS) is 30.2. The Bertz CT molecular complexity index is 2150. The number of carbonyl (C=O) groups is 3. The Morgan fingerprint density at radius 1 is 1.11 bits per heavy atom. The van der Waals surface area contributed by atoms with Crippen molar-refractivity contribution in [2.24, 2.45) is 11.8 Å². The maximum absolute atomic E-state index is 14.8. The lowest BCUT2D eigenvalue weighted by Gasteiger charge is -2.38. The molecule has 0 bridgehead atoms. The van der Waals surface area contributed by atoms with E-state index in [9.17, 15) is 41.1 Å². The van der Waals surface area contributed by atoms with E-state index in [1.807, 2.05) is 26.0 Å². The standard InChI is InChI=1S/C42H56F3N5O10S/c1-26(2)21-59-37(54)48-38(24-51)14-9-7-5-6-8-10-27-19-41(27,36(53)49-61(55,56)40(16-17-40)25-57-3)47-35(52)32-20-39(23-50(32)22-38)15-13-29-30-18-28(58-4)11-12-31(30)46-34(33(29)60-39)42(43,44)45/h8,10-12,18,24,26-27,32,35,47,52H,5-7,9,13-17,19-23,25H2,1-4H3,(H,48,54)(H,49,53). The molecule has 1 aromatic heterocycles. The van der Waals surface area contributed by atoms with Gasteiger partial charge in [0.05, 0.1) is 31.9 Å². The molecule has 2 aromatic rings. The van der Waals surface area contributed by atoms with Crippen molar-refractivity contribution in [1.29, 1.82) is 0 Å². The summed E-state index contributed by atoms with van der Waals surface area (Å²) < 4.78 is 95.1. The van der Waals surface area contributed by atoms with Crippen molar-refractivity contribution in [3.8, 4) is 11.5 Å². The fourth-order valence-electron chi connectivity index (χ4n) is 9.27. The summed E-state index contributed by atoms with van der Waals surface area (Å²) in [5, 5.41) is 18.6. The van der Waals surface area contributed by atoms with Crippen molar-refractivity contribution in [3.63, 3.8) is 0 Å². The Morgan fingerprint density at radius 2 is 1.89 bits per heavy atom. The molecule has 7 rings (SSSR count). The predicted molar refractivity (Wildman–Crippen MR) is 216 cm³/mol. The number of alkyl carbamates (subject to hydrolysis) is 1. The van der Waals surface area contributed by atoms with Gasteiger partial charge >= 0.3 is 12.3 Å². The van der Waals surface area contributed by atoms with Crippen molar-refractivity contribution in [2.45, 2.75) is 124 Å². The second kappa shape index (κ2) is 16.9. The van der Waals surface area contributed by atoms with Crippen LogP contribution in [0.1, 0.15) is 89.3 Å². The number of aldehydes is 1. The number of fused-ring (bicyclic) bond motifs is 5. The van der Waals surface area contributed by atoms with Gasteiger partial charge in [0.15, 0.2) is 11.4 Å². The molecule has 2 saturated carbocycles. The number of aliphatic hydroxyl groups is 1. The summed E-state index contributed by atoms with van der Waals surface area (Å²) in [7, 11) is -1.36. The summed E-state index contributed by atoms with van der Waals surface area (Å²) in [6, 6.07) is 3.59. The van der Waals surface area contributed by atoms with Gasteiger partial charge < -0.3 is 34.2 Å². The molecule has 15 nitrogen and oxygen atoms in total. The molecular formula is C42H56F3N5O10S. The second-order valence-corrected chi connectivity index (χ2v) is 20.0. The molecule has 19 heteroatoms. The van der Waals surface area contributed by atoms with E-state index >= 15 is 0 Å². The Balaban J connectivity index is 1.27. The molecule has 4 N–H and O–H groups in total. The van der Waals surface area contributed by atoms with Gasteiger partial charge in [0.2, 0.25) is 10.0 Å². The SMILES string of the molecule is COCC1(S(=O)(=O)NC(=O)C23CC2C=CCCCCCC(C=O)(NC(=O)OCC(C)C)CN2CC4(CCc5c(c(C(F)(F)F)nc6ccc(OC)cc56)O4)CC2C(O)N3)CC1. The molecule has 6 unspecified atom stereocenters.